The maximum absolute atomic E-state index is 12.8. The van der Waals surface area contributed by atoms with Gasteiger partial charge in [0.2, 0.25) is 15.9 Å². The maximum atomic E-state index is 12.8. The van der Waals surface area contributed by atoms with Gasteiger partial charge in [0.25, 0.3) is 0 Å². The summed E-state index contributed by atoms with van der Waals surface area (Å²) in [4.78, 5) is 14.4. The first-order chi connectivity index (χ1) is 13.0. The minimum absolute atomic E-state index is 0.0271. The van der Waals surface area contributed by atoms with Crippen LogP contribution >= 0.6 is 0 Å². The minimum Gasteiger partial charge on any atom is -0.494 e. The highest BCUT2D eigenvalue weighted by molar-refractivity contribution is 7.89. The second-order valence-electron chi connectivity index (χ2n) is 6.35. The average Bonchev–Trinajstić information content (AvgIpc) is 2.69. The molecule has 1 aliphatic rings. The first-order valence-corrected chi connectivity index (χ1v) is 10.5. The van der Waals surface area contributed by atoms with Crippen molar-refractivity contribution in [2.75, 3.05) is 32.8 Å². The molecular weight excluding hydrogens is 364 g/mol. The van der Waals surface area contributed by atoms with E-state index >= 15 is 0 Å². The predicted octanol–water partition coefficient (Wildman–Crippen LogP) is 2.16. The molecule has 0 bridgehead atoms. The lowest BCUT2D eigenvalue weighted by molar-refractivity contribution is -0.131. The highest BCUT2D eigenvalue weighted by Crippen LogP contribution is 2.21. The van der Waals surface area contributed by atoms with Crippen molar-refractivity contribution in [3.8, 4) is 5.75 Å². The van der Waals surface area contributed by atoms with Crippen LogP contribution in [0.5, 0.6) is 5.75 Å². The quantitative estimate of drug-likeness (QED) is 0.761. The zero-order valence-electron chi connectivity index (χ0n) is 15.4. The Morgan fingerprint density at radius 3 is 2.19 bits per heavy atom. The number of hydrogen-bond donors (Lipinski definition) is 0. The Morgan fingerprint density at radius 1 is 0.963 bits per heavy atom. The Balaban J connectivity index is 1.60. The standard InChI is InChI=1S/C20H24N2O4S/c1-2-26-18-8-10-19(11-9-18)27(24,25)22-14-12-21(13-15-22)20(23)16-17-6-4-3-5-7-17/h3-11H,2,12-16H2,1H3. The summed E-state index contributed by atoms with van der Waals surface area (Å²) in [5, 5.41) is 0. The third kappa shape index (κ3) is 4.67. The molecule has 6 nitrogen and oxygen atoms in total. The topological polar surface area (TPSA) is 66.9 Å². The van der Waals surface area contributed by atoms with Crippen LogP contribution in [-0.4, -0.2) is 56.3 Å². The molecule has 0 spiro atoms. The van der Waals surface area contributed by atoms with E-state index in [9.17, 15) is 13.2 Å². The van der Waals surface area contributed by atoms with E-state index in [2.05, 4.69) is 0 Å². The van der Waals surface area contributed by atoms with Gasteiger partial charge >= 0.3 is 0 Å². The van der Waals surface area contributed by atoms with Crippen molar-refractivity contribution in [3.05, 3.63) is 60.2 Å². The van der Waals surface area contributed by atoms with Gasteiger partial charge in [-0.15, -0.1) is 0 Å². The van der Waals surface area contributed by atoms with Crippen LogP contribution in [0.3, 0.4) is 0 Å². The molecule has 1 heterocycles. The van der Waals surface area contributed by atoms with Gasteiger partial charge in [-0.3, -0.25) is 4.79 Å². The normalized spacial score (nSPS) is 15.5. The largest absolute Gasteiger partial charge is 0.494 e. The van der Waals surface area contributed by atoms with Gasteiger partial charge in [-0.2, -0.15) is 4.31 Å². The third-order valence-electron chi connectivity index (χ3n) is 4.56. The second-order valence-corrected chi connectivity index (χ2v) is 8.29. The molecule has 1 saturated heterocycles. The molecule has 1 aliphatic heterocycles. The predicted molar refractivity (Wildman–Crippen MR) is 103 cm³/mol. The van der Waals surface area contributed by atoms with Crippen LogP contribution in [0, 0.1) is 0 Å². The van der Waals surface area contributed by atoms with Crippen LogP contribution < -0.4 is 4.74 Å². The Kier molecular flexibility index (Phi) is 6.13. The molecule has 1 amide bonds. The molecule has 27 heavy (non-hydrogen) atoms. The fraction of sp³-hybridized carbons (Fsp3) is 0.350. The fourth-order valence-electron chi connectivity index (χ4n) is 3.08. The van der Waals surface area contributed by atoms with Gasteiger partial charge < -0.3 is 9.64 Å². The van der Waals surface area contributed by atoms with E-state index in [0.717, 1.165) is 5.56 Å². The Bertz CT molecular complexity index is 859. The highest BCUT2D eigenvalue weighted by atomic mass is 32.2. The number of benzene rings is 2. The monoisotopic (exact) mass is 388 g/mol. The Labute approximate surface area is 160 Å². The van der Waals surface area contributed by atoms with E-state index in [1.54, 1.807) is 29.2 Å². The van der Waals surface area contributed by atoms with Gasteiger partial charge in [0.1, 0.15) is 5.75 Å². The molecule has 7 heteroatoms. The van der Waals surface area contributed by atoms with E-state index in [1.165, 1.54) is 4.31 Å². The molecule has 3 rings (SSSR count). The molecule has 1 fully saturated rings. The van der Waals surface area contributed by atoms with Crippen molar-refractivity contribution in [1.82, 2.24) is 9.21 Å². The van der Waals surface area contributed by atoms with Crippen LogP contribution in [0.1, 0.15) is 12.5 Å². The number of amides is 1. The Morgan fingerprint density at radius 2 is 1.59 bits per heavy atom. The van der Waals surface area contributed by atoms with Crippen LogP contribution in [0.15, 0.2) is 59.5 Å². The lowest BCUT2D eigenvalue weighted by atomic mass is 10.1. The number of ether oxygens (including phenoxy) is 1. The summed E-state index contributed by atoms with van der Waals surface area (Å²) in [6.07, 6.45) is 0.340. The molecule has 144 valence electrons. The van der Waals surface area contributed by atoms with Gasteiger partial charge in [-0.05, 0) is 36.8 Å². The van der Waals surface area contributed by atoms with Crippen molar-refractivity contribution in [1.29, 1.82) is 0 Å². The summed E-state index contributed by atoms with van der Waals surface area (Å²) in [6.45, 7) is 3.82. The number of hydrogen-bond acceptors (Lipinski definition) is 4. The van der Waals surface area contributed by atoms with Crippen molar-refractivity contribution in [3.63, 3.8) is 0 Å². The van der Waals surface area contributed by atoms with E-state index in [1.807, 2.05) is 37.3 Å². The van der Waals surface area contributed by atoms with Crippen LogP contribution in [0.25, 0.3) is 0 Å². The number of nitrogens with zero attached hydrogens (tertiary/aromatic N) is 2. The van der Waals surface area contributed by atoms with E-state index in [0.29, 0.717) is 45.0 Å². The summed E-state index contributed by atoms with van der Waals surface area (Å²) >= 11 is 0. The minimum atomic E-state index is -3.56. The third-order valence-corrected chi connectivity index (χ3v) is 6.47. The van der Waals surface area contributed by atoms with E-state index in [-0.39, 0.29) is 10.8 Å². The molecule has 0 N–H and O–H groups in total. The Hall–Kier alpha value is -2.38. The number of sulfonamides is 1. The molecule has 0 atom stereocenters. The average molecular weight is 388 g/mol. The van der Waals surface area contributed by atoms with Crippen LogP contribution in [-0.2, 0) is 21.2 Å². The van der Waals surface area contributed by atoms with Crippen LogP contribution in [0.2, 0.25) is 0 Å². The smallest absolute Gasteiger partial charge is 0.243 e. The van der Waals surface area contributed by atoms with Crippen molar-refractivity contribution >= 4 is 15.9 Å². The number of rotatable bonds is 6. The van der Waals surface area contributed by atoms with Gasteiger partial charge in [0.05, 0.1) is 17.9 Å². The van der Waals surface area contributed by atoms with Gasteiger partial charge in [-0.1, -0.05) is 30.3 Å². The van der Waals surface area contributed by atoms with Gasteiger partial charge in [0.15, 0.2) is 0 Å². The number of carbonyl (C=O) groups excluding carboxylic acids is 1. The molecule has 0 radical (unpaired) electrons. The van der Waals surface area contributed by atoms with Crippen molar-refractivity contribution in [2.45, 2.75) is 18.2 Å². The molecule has 0 aliphatic carbocycles. The lowest BCUT2D eigenvalue weighted by Crippen LogP contribution is -2.50. The van der Waals surface area contributed by atoms with Gasteiger partial charge in [0, 0.05) is 26.2 Å². The molecule has 0 aromatic heterocycles. The van der Waals surface area contributed by atoms with Crippen molar-refractivity contribution < 1.29 is 17.9 Å². The zero-order valence-corrected chi connectivity index (χ0v) is 16.2. The van der Waals surface area contributed by atoms with Crippen LogP contribution in [0.4, 0.5) is 0 Å². The summed E-state index contributed by atoms with van der Waals surface area (Å²) < 4.78 is 32.4. The van der Waals surface area contributed by atoms with Crippen molar-refractivity contribution in [2.24, 2.45) is 0 Å². The second kappa shape index (κ2) is 8.54. The lowest BCUT2D eigenvalue weighted by Gasteiger charge is -2.34. The zero-order chi connectivity index (χ0) is 19.3. The van der Waals surface area contributed by atoms with E-state index < -0.39 is 10.0 Å². The van der Waals surface area contributed by atoms with Gasteiger partial charge in [-0.25, -0.2) is 8.42 Å². The fourth-order valence-corrected chi connectivity index (χ4v) is 4.51. The molecule has 0 saturated carbocycles. The molecular formula is C20H24N2O4S. The summed E-state index contributed by atoms with van der Waals surface area (Å²) in [5.74, 6) is 0.673. The maximum Gasteiger partial charge on any atom is 0.243 e. The SMILES string of the molecule is CCOc1ccc(S(=O)(=O)N2CCN(C(=O)Cc3ccccc3)CC2)cc1. The molecule has 2 aromatic carbocycles. The number of carbonyl (C=O) groups is 1. The highest BCUT2D eigenvalue weighted by Gasteiger charge is 2.30. The first-order valence-electron chi connectivity index (χ1n) is 9.05. The molecule has 2 aromatic rings. The summed E-state index contributed by atoms with van der Waals surface area (Å²) in [5.41, 5.74) is 0.965. The summed E-state index contributed by atoms with van der Waals surface area (Å²) in [7, 11) is -3.56. The summed E-state index contributed by atoms with van der Waals surface area (Å²) in [6, 6.07) is 16.0. The van der Waals surface area contributed by atoms with E-state index in [4.69, 9.17) is 4.74 Å². The number of piperazine rings is 1. The molecule has 0 unspecified atom stereocenters. The first kappa shape index (κ1) is 19.4.